The highest BCUT2D eigenvalue weighted by Crippen LogP contribution is 2.32. The second-order valence-electron chi connectivity index (χ2n) is 13.4. The van der Waals surface area contributed by atoms with Crippen LogP contribution in [0.15, 0.2) is 81.1 Å². The van der Waals surface area contributed by atoms with Crippen molar-refractivity contribution in [3.05, 3.63) is 71.1 Å². The highest BCUT2D eigenvalue weighted by Gasteiger charge is 2.29. The van der Waals surface area contributed by atoms with E-state index >= 15 is 0 Å². The molecule has 8 heteroatoms. The lowest BCUT2D eigenvalue weighted by Gasteiger charge is -2.26. The minimum Gasteiger partial charge on any atom is -0.458 e. The van der Waals surface area contributed by atoms with Crippen LogP contribution in [0.4, 0.5) is 22.7 Å². The third-order valence-electron chi connectivity index (χ3n) is 8.03. The Morgan fingerprint density at radius 3 is 1.15 bits per heavy atom. The Hall–Kier alpha value is -4.20. The molecule has 3 rings (SSSR count). The first-order valence-corrected chi connectivity index (χ1v) is 16.3. The summed E-state index contributed by atoms with van der Waals surface area (Å²) in [5.74, 6) is -0.322. The van der Waals surface area contributed by atoms with Gasteiger partial charge in [-0.1, -0.05) is 79.7 Å². The number of esters is 2. The summed E-state index contributed by atoms with van der Waals surface area (Å²) in [5.41, 5.74) is 5.35. The molecule has 248 valence electrons. The lowest BCUT2D eigenvalue weighted by Crippen LogP contribution is -2.31. The monoisotopic (exact) mass is 628 g/mol. The van der Waals surface area contributed by atoms with E-state index in [0.717, 1.165) is 0 Å². The number of hydrogen-bond donors (Lipinski definition) is 2. The van der Waals surface area contributed by atoms with E-state index in [2.05, 4.69) is 66.0 Å². The predicted molar refractivity (Wildman–Crippen MR) is 190 cm³/mol. The Labute approximate surface area is 275 Å². The number of para-hydroxylation sites is 4. The van der Waals surface area contributed by atoms with E-state index in [1.165, 1.54) is 0 Å². The van der Waals surface area contributed by atoms with Crippen LogP contribution in [0.2, 0.25) is 0 Å². The fourth-order valence-corrected chi connectivity index (χ4v) is 5.95. The number of rotatable bonds is 8. The fraction of sp³-hybridized carbons (Fsp3) is 0.474. The summed E-state index contributed by atoms with van der Waals surface area (Å²) in [5, 5.41) is 6.82. The van der Waals surface area contributed by atoms with Crippen molar-refractivity contribution in [2.75, 3.05) is 10.6 Å². The predicted octanol–water partition coefficient (Wildman–Crippen LogP) is 9.40. The second-order valence-corrected chi connectivity index (χ2v) is 13.4. The number of aliphatic imine (C=N–C) groups is 2. The van der Waals surface area contributed by atoms with Crippen LogP contribution in [0, 0.1) is 23.7 Å². The number of benzene rings is 2. The Bertz CT molecular complexity index is 1410. The van der Waals surface area contributed by atoms with E-state index in [4.69, 9.17) is 19.5 Å². The van der Waals surface area contributed by atoms with Crippen LogP contribution in [0.3, 0.4) is 0 Å². The van der Waals surface area contributed by atoms with Gasteiger partial charge in [-0.3, -0.25) is 9.98 Å². The van der Waals surface area contributed by atoms with Crippen LogP contribution in [0.25, 0.3) is 0 Å². The summed E-state index contributed by atoms with van der Waals surface area (Å²) in [7, 11) is 0. The van der Waals surface area contributed by atoms with Gasteiger partial charge in [-0.15, -0.1) is 0 Å². The van der Waals surface area contributed by atoms with Gasteiger partial charge in [0.1, 0.15) is 12.2 Å². The van der Waals surface area contributed by atoms with Gasteiger partial charge in [0.05, 0.1) is 45.3 Å². The Morgan fingerprint density at radius 1 is 0.543 bits per heavy atom. The zero-order valence-corrected chi connectivity index (χ0v) is 29.6. The molecule has 46 heavy (non-hydrogen) atoms. The van der Waals surface area contributed by atoms with Gasteiger partial charge in [0.2, 0.25) is 0 Å². The van der Waals surface area contributed by atoms with Gasteiger partial charge in [0.15, 0.2) is 0 Å². The number of fused-ring (bicyclic) bond motifs is 2. The topological polar surface area (TPSA) is 101 Å². The largest absolute Gasteiger partial charge is 0.458 e. The lowest BCUT2D eigenvalue weighted by atomic mass is 9.96. The van der Waals surface area contributed by atoms with Gasteiger partial charge < -0.3 is 20.1 Å². The van der Waals surface area contributed by atoms with Crippen LogP contribution >= 0.6 is 0 Å². The van der Waals surface area contributed by atoms with Gasteiger partial charge in [0.25, 0.3) is 0 Å². The molecule has 8 nitrogen and oxygen atoms in total. The van der Waals surface area contributed by atoms with Gasteiger partial charge >= 0.3 is 11.9 Å². The lowest BCUT2D eigenvalue weighted by molar-refractivity contribution is -0.149. The molecule has 2 aromatic rings. The summed E-state index contributed by atoms with van der Waals surface area (Å²) < 4.78 is 12.2. The van der Waals surface area contributed by atoms with Crippen molar-refractivity contribution < 1.29 is 19.1 Å². The number of anilines is 2. The fourth-order valence-electron chi connectivity index (χ4n) is 5.95. The highest BCUT2D eigenvalue weighted by atomic mass is 16.5. The van der Waals surface area contributed by atoms with Crippen molar-refractivity contribution in [3.63, 3.8) is 0 Å². The first-order valence-electron chi connectivity index (χ1n) is 16.3. The number of hydrogen-bond acceptors (Lipinski definition) is 8. The van der Waals surface area contributed by atoms with E-state index < -0.39 is 11.9 Å². The van der Waals surface area contributed by atoms with E-state index in [9.17, 15) is 9.59 Å². The van der Waals surface area contributed by atoms with E-state index in [-0.39, 0.29) is 35.9 Å². The summed E-state index contributed by atoms with van der Waals surface area (Å²) in [4.78, 5) is 37.7. The Kier molecular flexibility index (Phi) is 12.5. The molecule has 0 aliphatic carbocycles. The summed E-state index contributed by atoms with van der Waals surface area (Å²) in [6.45, 7) is 23.7. The number of nitrogens with zero attached hydrogens (tertiary/aromatic N) is 2. The van der Waals surface area contributed by atoms with Crippen LogP contribution in [-0.2, 0) is 19.1 Å². The second kappa shape index (κ2) is 15.9. The molecule has 1 heterocycles. The van der Waals surface area contributed by atoms with E-state index in [1.807, 2.05) is 76.2 Å². The van der Waals surface area contributed by atoms with E-state index in [0.29, 0.717) is 56.7 Å². The molecule has 2 N–H and O–H groups in total. The molecule has 0 amide bonds. The summed E-state index contributed by atoms with van der Waals surface area (Å²) in [6, 6.07) is 15.1. The Morgan fingerprint density at radius 2 is 0.848 bits per heavy atom. The van der Waals surface area contributed by atoms with Crippen molar-refractivity contribution >= 4 is 46.1 Å². The van der Waals surface area contributed by atoms with Crippen LogP contribution < -0.4 is 10.6 Å². The molecule has 0 saturated heterocycles. The molecular formula is C38H52N4O4. The third-order valence-corrected chi connectivity index (χ3v) is 8.03. The molecule has 1 aliphatic heterocycles. The number of carbonyl (C=O) groups excluding carboxylic acids is 2. The molecule has 0 saturated carbocycles. The third kappa shape index (κ3) is 8.95. The van der Waals surface area contributed by atoms with Crippen molar-refractivity contribution in [3.8, 4) is 0 Å². The number of carbonyl (C=O) groups is 2. The highest BCUT2D eigenvalue weighted by molar-refractivity contribution is 6.21. The molecule has 0 aromatic heterocycles. The van der Waals surface area contributed by atoms with Crippen molar-refractivity contribution in [2.24, 2.45) is 33.7 Å². The first kappa shape index (κ1) is 36.3. The SMILES string of the molecule is CC1=Nc2ccccc2N/C(C)=C(\C(=O)OC(C(C)C)C(C)C)C(C)=Nc2ccccc2N/C(C)=C/1C(=O)OC(C(C)C)C(C)C. The molecule has 0 radical (unpaired) electrons. The maximum Gasteiger partial charge on any atom is 0.342 e. The molecule has 0 fully saturated rings. The van der Waals surface area contributed by atoms with Gasteiger partial charge in [-0.2, -0.15) is 0 Å². The van der Waals surface area contributed by atoms with Gasteiger partial charge in [-0.05, 0) is 75.6 Å². The van der Waals surface area contributed by atoms with Crippen LogP contribution in [0.1, 0.15) is 83.1 Å². The molecule has 0 atom stereocenters. The minimum absolute atomic E-state index is 0.142. The molecule has 1 aliphatic rings. The molecule has 0 bridgehead atoms. The van der Waals surface area contributed by atoms with Gasteiger partial charge in [-0.25, -0.2) is 9.59 Å². The molecular weight excluding hydrogens is 576 g/mol. The minimum atomic E-state index is -0.445. The number of allylic oxidation sites excluding steroid dienone is 2. The Balaban J connectivity index is 2.28. The summed E-state index contributed by atoms with van der Waals surface area (Å²) in [6.07, 6.45) is -0.529. The standard InChI is InChI=1S/C38H52N4O4/c1-21(2)35(22(3)4)45-37(43)33-25(9)39-29-17-13-15-19-31(29)41-27(11)34(38(44)46-36(23(5)6)24(7)8)28(12)42-32-20-16-14-18-30(32)40-26(33)10/h13-24,35-36,39,42H,1-12H3/b33-25-,34-28-,40-26?,41-27?. The quantitative estimate of drug-likeness (QED) is 0.283. The van der Waals surface area contributed by atoms with Gasteiger partial charge in [0, 0.05) is 11.4 Å². The summed E-state index contributed by atoms with van der Waals surface area (Å²) >= 11 is 0. The average Bonchev–Trinajstić information content (AvgIpc) is 2.95. The van der Waals surface area contributed by atoms with Crippen molar-refractivity contribution in [1.82, 2.24) is 0 Å². The molecule has 2 aromatic carbocycles. The number of nitrogens with one attached hydrogen (secondary N) is 2. The smallest absolute Gasteiger partial charge is 0.342 e. The average molecular weight is 629 g/mol. The molecule has 0 spiro atoms. The van der Waals surface area contributed by atoms with Crippen molar-refractivity contribution in [2.45, 2.75) is 95.3 Å². The normalized spacial score (nSPS) is 17.7. The van der Waals surface area contributed by atoms with Crippen LogP contribution in [-0.4, -0.2) is 35.6 Å². The van der Waals surface area contributed by atoms with Crippen LogP contribution in [0.5, 0.6) is 0 Å². The molecule has 0 unspecified atom stereocenters. The maximum atomic E-state index is 13.9. The first-order chi connectivity index (χ1) is 21.6. The zero-order valence-electron chi connectivity index (χ0n) is 29.6. The number of ether oxygens (including phenoxy) is 2. The van der Waals surface area contributed by atoms with E-state index in [1.54, 1.807) is 0 Å². The van der Waals surface area contributed by atoms with Crippen molar-refractivity contribution in [1.29, 1.82) is 0 Å². The zero-order chi connectivity index (χ0) is 34.3. The maximum absolute atomic E-state index is 13.9.